The Morgan fingerprint density at radius 3 is 2.61 bits per heavy atom. The highest BCUT2D eigenvalue weighted by Gasteiger charge is 2.28. The molecule has 1 aromatic rings. The highest BCUT2D eigenvalue weighted by molar-refractivity contribution is 5.85. The number of ether oxygens (including phenoxy) is 2. The van der Waals surface area contributed by atoms with Gasteiger partial charge in [0.1, 0.15) is 18.2 Å². The molecule has 2 N–H and O–H groups in total. The van der Waals surface area contributed by atoms with E-state index in [-0.39, 0.29) is 30.0 Å². The average Bonchev–Trinajstić information content (AvgIpc) is 2.56. The Kier molecular flexibility index (Phi) is 8.30. The van der Waals surface area contributed by atoms with Crippen molar-refractivity contribution in [1.29, 1.82) is 0 Å². The summed E-state index contributed by atoms with van der Waals surface area (Å²) in [7, 11) is 1.72. The van der Waals surface area contributed by atoms with Crippen LogP contribution in [-0.4, -0.2) is 50.3 Å². The number of amides is 1. The third-order valence-corrected chi connectivity index (χ3v) is 3.94. The molecule has 1 aliphatic heterocycles. The number of nitrogens with two attached hydrogens (primary N) is 1. The lowest BCUT2D eigenvalue weighted by molar-refractivity contribution is -0.133. The molecular weight excluding hydrogens is 323 g/mol. The summed E-state index contributed by atoms with van der Waals surface area (Å²) >= 11 is 0. The van der Waals surface area contributed by atoms with Gasteiger partial charge in [-0.15, -0.1) is 12.4 Å². The SMILES string of the molecule is CN(CCOc1ccc(F)cc1)C(=O)C(N)C1CCOCC1.Cl. The minimum Gasteiger partial charge on any atom is -0.492 e. The third kappa shape index (κ3) is 5.97. The van der Waals surface area contributed by atoms with Gasteiger partial charge in [0.25, 0.3) is 0 Å². The van der Waals surface area contributed by atoms with Gasteiger partial charge in [-0.25, -0.2) is 4.39 Å². The monoisotopic (exact) mass is 346 g/mol. The van der Waals surface area contributed by atoms with E-state index in [0.29, 0.717) is 32.1 Å². The zero-order valence-electron chi connectivity index (χ0n) is 13.2. The van der Waals surface area contributed by atoms with Gasteiger partial charge in [0.15, 0.2) is 0 Å². The normalized spacial score (nSPS) is 16.3. The highest BCUT2D eigenvalue weighted by atomic mass is 35.5. The molecule has 0 radical (unpaired) electrons. The van der Waals surface area contributed by atoms with Gasteiger partial charge in [-0.05, 0) is 43.0 Å². The predicted octanol–water partition coefficient (Wildman–Crippen LogP) is 1.84. The lowest BCUT2D eigenvalue weighted by Gasteiger charge is -2.29. The lowest BCUT2D eigenvalue weighted by Crippen LogP contribution is -2.48. The van der Waals surface area contributed by atoms with Crippen LogP contribution in [0.3, 0.4) is 0 Å². The van der Waals surface area contributed by atoms with E-state index in [1.54, 1.807) is 24.1 Å². The fourth-order valence-corrected chi connectivity index (χ4v) is 2.47. The number of carbonyl (C=O) groups excluding carboxylic acids is 1. The topological polar surface area (TPSA) is 64.8 Å². The third-order valence-electron chi connectivity index (χ3n) is 3.94. The van der Waals surface area contributed by atoms with Crippen LogP contribution in [0.25, 0.3) is 0 Å². The van der Waals surface area contributed by atoms with Crippen molar-refractivity contribution < 1.29 is 18.7 Å². The van der Waals surface area contributed by atoms with Crippen molar-refractivity contribution in [2.45, 2.75) is 18.9 Å². The molecule has 1 heterocycles. The summed E-state index contributed by atoms with van der Waals surface area (Å²) in [5.41, 5.74) is 6.06. The Labute approximate surface area is 142 Å². The van der Waals surface area contributed by atoms with E-state index in [2.05, 4.69) is 0 Å². The van der Waals surface area contributed by atoms with Gasteiger partial charge >= 0.3 is 0 Å². The van der Waals surface area contributed by atoms with Crippen LogP contribution in [0.4, 0.5) is 4.39 Å². The molecule has 0 spiro atoms. The van der Waals surface area contributed by atoms with E-state index in [0.717, 1.165) is 12.8 Å². The molecular formula is C16H24ClFN2O3. The Bertz CT molecular complexity index is 481. The highest BCUT2D eigenvalue weighted by Crippen LogP contribution is 2.18. The van der Waals surface area contributed by atoms with E-state index < -0.39 is 6.04 Å². The smallest absolute Gasteiger partial charge is 0.239 e. The molecule has 5 nitrogen and oxygen atoms in total. The molecule has 1 saturated heterocycles. The van der Waals surface area contributed by atoms with Crippen LogP contribution in [-0.2, 0) is 9.53 Å². The van der Waals surface area contributed by atoms with Crippen LogP contribution in [0.15, 0.2) is 24.3 Å². The number of nitrogens with zero attached hydrogens (tertiary/aromatic N) is 1. The number of hydrogen-bond donors (Lipinski definition) is 1. The zero-order chi connectivity index (χ0) is 15.9. The van der Waals surface area contributed by atoms with Crippen LogP contribution in [0.5, 0.6) is 5.75 Å². The van der Waals surface area contributed by atoms with Gasteiger partial charge in [-0.3, -0.25) is 4.79 Å². The van der Waals surface area contributed by atoms with Crippen molar-refractivity contribution in [1.82, 2.24) is 4.90 Å². The molecule has 1 aliphatic rings. The lowest BCUT2D eigenvalue weighted by atomic mass is 9.91. The van der Waals surface area contributed by atoms with Gasteiger partial charge < -0.3 is 20.1 Å². The Morgan fingerprint density at radius 2 is 2.00 bits per heavy atom. The number of rotatable bonds is 6. The number of likely N-dealkylation sites (N-methyl/N-ethyl adjacent to an activating group) is 1. The second-order valence-corrected chi connectivity index (χ2v) is 5.54. The molecule has 1 aromatic carbocycles. The Hall–Kier alpha value is -1.37. The molecule has 23 heavy (non-hydrogen) atoms. The Balaban J connectivity index is 0.00000264. The second kappa shape index (κ2) is 9.70. The molecule has 2 rings (SSSR count). The molecule has 0 saturated carbocycles. The summed E-state index contributed by atoms with van der Waals surface area (Å²) in [6, 6.07) is 5.31. The maximum absolute atomic E-state index is 12.8. The molecule has 7 heteroatoms. The van der Waals surface area contributed by atoms with Gasteiger partial charge in [-0.1, -0.05) is 0 Å². The number of carbonyl (C=O) groups is 1. The standard InChI is InChI=1S/C16H23FN2O3.ClH/c1-19(8-11-22-14-4-2-13(17)3-5-14)16(20)15(18)12-6-9-21-10-7-12;/h2-5,12,15H,6-11,18H2,1H3;1H. The van der Waals surface area contributed by atoms with Crippen molar-refractivity contribution in [3.63, 3.8) is 0 Å². The number of benzene rings is 1. The molecule has 0 aromatic heterocycles. The first-order valence-electron chi connectivity index (χ1n) is 7.54. The minimum atomic E-state index is -0.486. The van der Waals surface area contributed by atoms with Gasteiger partial charge in [0, 0.05) is 20.3 Å². The van der Waals surface area contributed by atoms with Crippen molar-refractivity contribution >= 4 is 18.3 Å². The van der Waals surface area contributed by atoms with Crippen LogP contribution >= 0.6 is 12.4 Å². The summed E-state index contributed by atoms with van der Waals surface area (Å²) in [6.07, 6.45) is 1.65. The quantitative estimate of drug-likeness (QED) is 0.853. The molecule has 130 valence electrons. The average molecular weight is 347 g/mol. The van der Waals surface area contributed by atoms with Gasteiger partial charge in [0.05, 0.1) is 12.6 Å². The molecule has 0 aliphatic carbocycles. The fraction of sp³-hybridized carbons (Fsp3) is 0.562. The summed E-state index contributed by atoms with van der Waals surface area (Å²) < 4.78 is 23.5. The van der Waals surface area contributed by atoms with Crippen molar-refractivity contribution in [2.75, 3.05) is 33.4 Å². The van der Waals surface area contributed by atoms with Crippen LogP contribution < -0.4 is 10.5 Å². The van der Waals surface area contributed by atoms with Crippen molar-refractivity contribution in [3.05, 3.63) is 30.1 Å². The molecule has 1 fully saturated rings. The molecule has 1 atom stereocenters. The van der Waals surface area contributed by atoms with E-state index in [4.69, 9.17) is 15.2 Å². The molecule has 1 amide bonds. The second-order valence-electron chi connectivity index (χ2n) is 5.54. The Morgan fingerprint density at radius 1 is 1.39 bits per heavy atom. The van der Waals surface area contributed by atoms with Crippen molar-refractivity contribution in [3.8, 4) is 5.75 Å². The number of halogens is 2. The maximum atomic E-state index is 12.8. The first-order chi connectivity index (χ1) is 10.6. The van der Waals surface area contributed by atoms with E-state index in [1.165, 1.54) is 12.1 Å². The van der Waals surface area contributed by atoms with Crippen molar-refractivity contribution in [2.24, 2.45) is 11.7 Å². The zero-order valence-corrected chi connectivity index (χ0v) is 14.1. The van der Waals surface area contributed by atoms with Gasteiger partial charge in [-0.2, -0.15) is 0 Å². The summed E-state index contributed by atoms with van der Waals surface area (Å²) in [4.78, 5) is 13.9. The largest absolute Gasteiger partial charge is 0.492 e. The van der Waals surface area contributed by atoms with Crippen LogP contribution in [0.2, 0.25) is 0 Å². The van der Waals surface area contributed by atoms with E-state index >= 15 is 0 Å². The predicted molar refractivity (Wildman–Crippen MR) is 88.3 cm³/mol. The first kappa shape index (κ1) is 19.7. The summed E-state index contributed by atoms with van der Waals surface area (Å²) in [5, 5.41) is 0. The molecule has 0 bridgehead atoms. The first-order valence-corrected chi connectivity index (χ1v) is 7.54. The van der Waals surface area contributed by atoms with Gasteiger partial charge in [0.2, 0.25) is 5.91 Å². The minimum absolute atomic E-state index is 0. The number of hydrogen-bond acceptors (Lipinski definition) is 4. The fourth-order valence-electron chi connectivity index (χ4n) is 2.47. The summed E-state index contributed by atoms with van der Waals surface area (Å²) in [5.74, 6) is 0.384. The van der Waals surface area contributed by atoms with E-state index in [9.17, 15) is 9.18 Å². The maximum Gasteiger partial charge on any atom is 0.239 e. The van der Waals surface area contributed by atoms with Crippen LogP contribution in [0.1, 0.15) is 12.8 Å². The molecule has 1 unspecified atom stereocenters. The van der Waals surface area contributed by atoms with E-state index in [1.807, 2.05) is 0 Å². The van der Waals surface area contributed by atoms with Crippen LogP contribution in [0, 0.1) is 11.7 Å². The summed E-state index contributed by atoms with van der Waals surface area (Å²) in [6.45, 7) is 2.12.